The van der Waals surface area contributed by atoms with Gasteiger partial charge in [0.05, 0.1) is 11.4 Å². The van der Waals surface area contributed by atoms with Gasteiger partial charge in [0.15, 0.2) is 0 Å². The summed E-state index contributed by atoms with van der Waals surface area (Å²) in [6.45, 7) is 16.2. The molecule has 2 heteroatoms. The first kappa shape index (κ1) is 38.6. The van der Waals surface area contributed by atoms with Crippen LogP contribution in [0, 0.1) is 5.92 Å². The summed E-state index contributed by atoms with van der Waals surface area (Å²) in [5, 5.41) is 7.28. The highest BCUT2D eigenvalue weighted by atomic mass is 16.3. The number of fused-ring (bicyclic) bond motifs is 5. The fourth-order valence-corrected chi connectivity index (χ4v) is 9.46. The van der Waals surface area contributed by atoms with Gasteiger partial charge in [0.25, 0.3) is 0 Å². The van der Waals surface area contributed by atoms with Gasteiger partial charge in [-0.1, -0.05) is 194 Å². The van der Waals surface area contributed by atoms with E-state index in [1.54, 1.807) is 0 Å². The zero-order chi connectivity index (χ0) is 42.0. The van der Waals surface area contributed by atoms with Crippen LogP contribution in [0.2, 0.25) is 0 Å². The van der Waals surface area contributed by atoms with E-state index >= 15 is 0 Å². The smallest absolute Gasteiger partial charge is 0.138 e. The van der Waals surface area contributed by atoms with Crippen molar-refractivity contribution >= 4 is 61.2 Å². The number of benzene rings is 8. The van der Waals surface area contributed by atoms with Crippen LogP contribution in [-0.2, 0) is 10.8 Å². The van der Waals surface area contributed by atoms with Crippen LogP contribution >= 0.6 is 0 Å². The summed E-state index contributed by atoms with van der Waals surface area (Å²) in [7, 11) is 0. The van der Waals surface area contributed by atoms with E-state index in [1.165, 1.54) is 76.7 Å². The van der Waals surface area contributed by atoms with Crippen molar-refractivity contribution < 1.29 is 4.42 Å². The van der Waals surface area contributed by atoms with Gasteiger partial charge in [-0.3, -0.25) is 0 Å². The standard InChI is InChI=1S/C59H53NO/c1-38-32-51(57-52(33-38)49-26-11-13-31-55(49)61-57)41-22-14-23-45(36-41)60(53-30-17-19-39-18-8-9-24-46(39)53)54-29-12-10-25-48(54)50-28-16-21-40-20-15-27-47(56(40)50)42-34-43(58(2,3)4)37-44(35-42)59(5,6)7/h8-31,33-38H,32H2,1-7H3. The van der Waals surface area contributed by atoms with Crippen molar-refractivity contribution in [2.75, 3.05) is 4.90 Å². The molecule has 61 heavy (non-hydrogen) atoms. The van der Waals surface area contributed by atoms with Gasteiger partial charge in [-0.15, -0.1) is 0 Å². The summed E-state index contributed by atoms with van der Waals surface area (Å²) < 4.78 is 6.67. The van der Waals surface area contributed by atoms with E-state index in [-0.39, 0.29) is 10.8 Å². The molecule has 0 radical (unpaired) electrons. The van der Waals surface area contributed by atoms with Crippen molar-refractivity contribution in [2.45, 2.75) is 65.7 Å². The Labute approximate surface area is 360 Å². The molecule has 2 nitrogen and oxygen atoms in total. The van der Waals surface area contributed by atoms with E-state index in [0.29, 0.717) is 5.92 Å². The van der Waals surface area contributed by atoms with E-state index in [1.807, 2.05) is 0 Å². The van der Waals surface area contributed by atoms with Crippen molar-refractivity contribution in [1.82, 2.24) is 0 Å². The number of nitrogens with zero attached hydrogens (tertiary/aromatic N) is 1. The molecule has 0 saturated carbocycles. The molecule has 0 N–H and O–H groups in total. The second-order valence-electron chi connectivity index (χ2n) is 19.1. The van der Waals surface area contributed by atoms with Crippen molar-refractivity contribution in [3.63, 3.8) is 0 Å². The number of hydrogen-bond donors (Lipinski definition) is 0. The Morgan fingerprint density at radius 3 is 1.87 bits per heavy atom. The number of hydrogen-bond acceptors (Lipinski definition) is 2. The quantitative estimate of drug-likeness (QED) is 0.167. The highest BCUT2D eigenvalue weighted by Crippen LogP contribution is 2.47. The summed E-state index contributed by atoms with van der Waals surface area (Å²) in [5.41, 5.74) is 15.3. The molecular weight excluding hydrogens is 739 g/mol. The maximum atomic E-state index is 6.67. The molecule has 8 aromatic carbocycles. The Kier molecular flexibility index (Phi) is 9.37. The molecule has 10 rings (SSSR count). The molecule has 0 bridgehead atoms. The minimum atomic E-state index is 0.00169. The summed E-state index contributed by atoms with van der Waals surface area (Å²) in [5.74, 6) is 0.381. The molecule has 0 aliphatic heterocycles. The molecule has 300 valence electrons. The van der Waals surface area contributed by atoms with Gasteiger partial charge in [0.1, 0.15) is 11.0 Å². The van der Waals surface area contributed by atoms with Crippen molar-refractivity contribution in [1.29, 1.82) is 0 Å². The Morgan fingerprint density at radius 2 is 1.10 bits per heavy atom. The molecule has 1 aromatic heterocycles. The SMILES string of the molecule is CC1C=c2c(oc3ccccc23)=C(c2cccc(N(c3ccccc3-c3cccc4cccc(-c5cc(C(C)(C)C)cc(C(C)(C)C)c5)c34)c3cccc4ccccc34)c2)C1. The third-order valence-electron chi connectivity index (χ3n) is 12.7. The first-order valence-electron chi connectivity index (χ1n) is 21.8. The van der Waals surface area contributed by atoms with Crippen LogP contribution in [0.1, 0.15) is 71.6 Å². The third kappa shape index (κ3) is 6.95. The van der Waals surface area contributed by atoms with Gasteiger partial charge in [-0.05, 0) is 103 Å². The zero-order valence-corrected chi connectivity index (χ0v) is 36.4. The Bertz CT molecular complexity index is 3230. The highest BCUT2D eigenvalue weighted by Gasteiger charge is 2.25. The average molecular weight is 792 g/mol. The highest BCUT2D eigenvalue weighted by molar-refractivity contribution is 6.10. The van der Waals surface area contributed by atoms with Gasteiger partial charge in [-0.25, -0.2) is 0 Å². The Hall–Kier alpha value is -6.64. The van der Waals surface area contributed by atoms with Crippen LogP contribution < -0.4 is 15.5 Å². The summed E-state index contributed by atoms with van der Waals surface area (Å²) in [6.07, 6.45) is 3.29. The summed E-state index contributed by atoms with van der Waals surface area (Å²) >= 11 is 0. The lowest BCUT2D eigenvalue weighted by atomic mass is 9.78. The van der Waals surface area contributed by atoms with Gasteiger partial charge in [0, 0.05) is 32.8 Å². The van der Waals surface area contributed by atoms with Crippen molar-refractivity contribution in [3.05, 3.63) is 197 Å². The molecule has 0 amide bonds. The molecule has 1 unspecified atom stereocenters. The van der Waals surface area contributed by atoms with Crippen molar-refractivity contribution in [2.24, 2.45) is 5.92 Å². The number of rotatable bonds is 6. The maximum absolute atomic E-state index is 6.67. The molecule has 1 aliphatic carbocycles. The third-order valence-corrected chi connectivity index (χ3v) is 12.7. The van der Waals surface area contributed by atoms with Gasteiger partial charge < -0.3 is 9.32 Å². The van der Waals surface area contributed by atoms with Gasteiger partial charge in [0.2, 0.25) is 0 Å². The van der Waals surface area contributed by atoms with Gasteiger partial charge in [-0.2, -0.15) is 0 Å². The lowest BCUT2D eigenvalue weighted by Gasteiger charge is -2.30. The molecule has 0 fully saturated rings. The largest absolute Gasteiger partial charge is 0.456 e. The van der Waals surface area contributed by atoms with Crippen LogP contribution in [0.3, 0.4) is 0 Å². The number of para-hydroxylation sites is 2. The van der Waals surface area contributed by atoms with E-state index < -0.39 is 0 Å². The minimum absolute atomic E-state index is 0.00169. The fraction of sp³-hybridized carbons (Fsp3) is 0.186. The zero-order valence-electron chi connectivity index (χ0n) is 36.4. The monoisotopic (exact) mass is 791 g/mol. The first-order chi connectivity index (χ1) is 29.4. The topological polar surface area (TPSA) is 16.4 Å². The molecule has 1 heterocycles. The maximum Gasteiger partial charge on any atom is 0.138 e. The Morgan fingerprint density at radius 1 is 0.508 bits per heavy atom. The van der Waals surface area contributed by atoms with E-state index in [0.717, 1.165) is 34.5 Å². The summed E-state index contributed by atoms with van der Waals surface area (Å²) in [4.78, 5) is 2.49. The lowest BCUT2D eigenvalue weighted by Crippen LogP contribution is -2.29. The van der Waals surface area contributed by atoms with Crippen molar-refractivity contribution in [3.8, 4) is 22.3 Å². The second kappa shape index (κ2) is 14.8. The Balaban J connectivity index is 1.23. The molecule has 9 aromatic rings. The van der Waals surface area contributed by atoms with Crippen LogP contribution in [0.4, 0.5) is 17.1 Å². The average Bonchev–Trinajstić information content (AvgIpc) is 3.64. The fourth-order valence-electron chi connectivity index (χ4n) is 9.46. The predicted octanol–water partition coefficient (Wildman–Crippen LogP) is 15.2. The number of anilines is 3. The van der Waals surface area contributed by atoms with Crippen LogP contribution in [0.5, 0.6) is 0 Å². The van der Waals surface area contributed by atoms with Crippen LogP contribution in [-0.4, -0.2) is 0 Å². The van der Waals surface area contributed by atoms with Crippen LogP contribution in [0.15, 0.2) is 174 Å². The van der Waals surface area contributed by atoms with E-state index in [4.69, 9.17) is 4.42 Å². The molecule has 0 spiro atoms. The van der Waals surface area contributed by atoms with E-state index in [2.05, 4.69) is 229 Å². The second-order valence-corrected chi connectivity index (χ2v) is 19.1. The van der Waals surface area contributed by atoms with Crippen LogP contribution in [0.25, 0.3) is 66.4 Å². The molecule has 1 atom stereocenters. The minimum Gasteiger partial charge on any atom is -0.456 e. The molecule has 1 aliphatic rings. The molecular formula is C59H53NO. The number of furan rings is 1. The normalized spacial score (nSPS) is 14.3. The van der Waals surface area contributed by atoms with Gasteiger partial charge >= 0.3 is 0 Å². The first-order valence-corrected chi connectivity index (χ1v) is 21.8. The summed E-state index contributed by atoms with van der Waals surface area (Å²) in [6, 6.07) is 62.8. The van der Waals surface area contributed by atoms with E-state index in [9.17, 15) is 0 Å². The lowest BCUT2D eigenvalue weighted by molar-refractivity contribution is 0.563. The molecule has 0 saturated heterocycles. The predicted molar refractivity (Wildman–Crippen MR) is 261 cm³/mol.